The maximum Gasteiger partial charge on any atom is 0.141 e. The average molecular weight is 210 g/mol. The van der Waals surface area contributed by atoms with Gasteiger partial charge in [-0.3, -0.25) is 4.98 Å². The monoisotopic (exact) mass is 210 g/mol. The summed E-state index contributed by atoms with van der Waals surface area (Å²) in [6, 6.07) is 3.19. The van der Waals surface area contributed by atoms with Gasteiger partial charge >= 0.3 is 0 Å². The summed E-state index contributed by atoms with van der Waals surface area (Å²) in [4.78, 5) is 4.06. The van der Waals surface area contributed by atoms with E-state index in [1.165, 1.54) is 12.3 Å². The molecule has 0 aliphatic rings. The van der Waals surface area contributed by atoms with E-state index in [2.05, 4.69) is 38.0 Å². The van der Waals surface area contributed by atoms with Gasteiger partial charge in [-0.15, -0.1) is 0 Å². The summed E-state index contributed by atoms with van der Waals surface area (Å²) in [5.41, 5.74) is 1.03. The van der Waals surface area contributed by atoms with Crippen molar-refractivity contribution in [1.82, 2.24) is 10.3 Å². The van der Waals surface area contributed by atoms with Crippen LogP contribution >= 0.6 is 0 Å². The molecule has 1 N–H and O–H groups in total. The Balaban J connectivity index is 2.54. The number of rotatable bonds is 3. The second kappa shape index (κ2) is 4.71. The van der Waals surface area contributed by atoms with Crippen LogP contribution in [-0.2, 0) is 0 Å². The molecule has 0 saturated carbocycles. The molecule has 1 heterocycles. The average Bonchev–Trinajstić information content (AvgIpc) is 2.14. The summed E-state index contributed by atoms with van der Waals surface area (Å²) >= 11 is 0. The van der Waals surface area contributed by atoms with Crippen LogP contribution < -0.4 is 5.32 Å². The van der Waals surface area contributed by atoms with Gasteiger partial charge in [-0.25, -0.2) is 4.39 Å². The Morgan fingerprint density at radius 1 is 1.40 bits per heavy atom. The lowest BCUT2D eigenvalue weighted by Gasteiger charge is -2.23. The molecule has 1 atom stereocenters. The zero-order valence-corrected chi connectivity index (χ0v) is 9.84. The highest BCUT2D eigenvalue weighted by atomic mass is 19.1. The van der Waals surface area contributed by atoms with Gasteiger partial charge < -0.3 is 5.32 Å². The first-order valence-corrected chi connectivity index (χ1v) is 5.25. The molecular formula is C12H19FN2. The van der Waals surface area contributed by atoms with Gasteiger partial charge in [-0.2, -0.15) is 0 Å². The lowest BCUT2D eigenvalue weighted by molar-refractivity contribution is 0.410. The molecule has 0 aliphatic heterocycles. The number of aromatic nitrogens is 1. The Bertz CT molecular complexity index is 300. The zero-order valence-electron chi connectivity index (χ0n) is 9.84. The molecule has 1 rings (SSSR count). The smallest absolute Gasteiger partial charge is 0.141 e. The van der Waals surface area contributed by atoms with E-state index < -0.39 is 0 Å². The van der Waals surface area contributed by atoms with Crippen molar-refractivity contribution in [3.63, 3.8) is 0 Å². The van der Waals surface area contributed by atoms with Gasteiger partial charge in [-0.05, 0) is 32.9 Å². The third kappa shape index (κ3) is 4.38. The maximum atomic E-state index is 12.6. The molecule has 2 nitrogen and oxygen atoms in total. The van der Waals surface area contributed by atoms with Crippen LogP contribution in [0, 0.1) is 5.82 Å². The number of halogens is 1. The summed E-state index contributed by atoms with van der Waals surface area (Å²) in [5.74, 6) is 0.0135. The Morgan fingerprint density at radius 2 is 2.07 bits per heavy atom. The van der Waals surface area contributed by atoms with Gasteiger partial charge in [0.2, 0.25) is 0 Å². The molecule has 1 aromatic rings. The minimum absolute atomic E-state index is 0.105. The van der Waals surface area contributed by atoms with Gasteiger partial charge in [0, 0.05) is 23.7 Å². The van der Waals surface area contributed by atoms with Crippen LogP contribution in [0.2, 0.25) is 0 Å². The molecule has 0 aliphatic carbocycles. The molecule has 1 aromatic heterocycles. The van der Waals surface area contributed by atoms with Crippen molar-refractivity contribution in [2.45, 2.75) is 39.2 Å². The number of hydrogen-bond donors (Lipinski definition) is 1. The molecule has 1 unspecified atom stereocenters. The quantitative estimate of drug-likeness (QED) is 0.829. The van der Waals surface area contributed by atoms with Crippen molar-refractivity contribution < 1.29 is 4.39 Å². The van der Waals surface area contributed by atoms with Crippen molar-refractivity contribution in [3.8, 4) is 0 Å². The number of hydrogen-bond acceptors (Lipinski definition) is 2. The highest BCUT2D eigenvalue weighted by Gasteiger charge is 2.12. The van der Waals surface area contributed by atoms with Crippen LogP contribution in [0.25, 0.3) is 0 Å². The van der Waals surface area contributed by atoms with Gasteiger partial charge in [0.15, 0.2) is 0 Å². The van der Waals surface area contributed by atoms with Crippen LogP contribution in [0.15, 0.2) is 18.3 Å². The van der Waals surface area contributed by atoms with Crippen LogP contribution in [0.1, 0.15) is 39.3 Å². The molecule has 0 spiro atoms. The molecule has 0 fully saturated rings. The Hall–Kier alpha value is -0.960. The van der Waals surface area contributed by atoms with Crippen LogP contribution in [-0.4, -0.2) is 17.1 Å². The second-order valence-electron chi connectivity index (χ2n) is 4.93. The third-order valence-electron chi connectivity index (χ3n) is 2.19. The lowest BCUT2D eigenvalue weighted by Crippen LogP contribution is -2.38. The molecular weight excluding hydrogens is 191 g/mol. The van der Waals surface area contributed by atoms with Gasteiger partial charge in [-0.1, -0.05) is 6.92 Å². The van der Waals surface area contributed by atoms with E-state index in [0.717, 1.165) is 12.2 Å². The molecule has 3 heteroatoms. The first-order valence-electron chi connectivity index (χ1n) is 5.25. The Labute approximate surface area is 90.9 Å². The van der Waals surface area contributed by atoms with Gasteiger partial charge in [0.25, 0.3) is 0 Å². The molecule has 15 heavy (non-hydrogen) atoms. The van der Waals surface area contributed by atoms with Crippen molar-refractivity contribution in [3.05, 3.63) is 29.8 Å². The fourth-order valence-electron chi connectivity index (χ4n) is 1.24. The summed E-state index contributed by atoms with van der Waals surface area (Å²) in [6.07, 6.45) is 1.27. The third-order valence-corrected chi connectivity index (χ3v) is 2.19. The van der Waals surface area contributed by atoms with Crippen molar-refractivity contribution >= 4 is 0 Å². The number of nitrogens with one attached hydrogen (secondary N) is 1. The minimum Gasteiger partial charge on any atom is -0.311 e. The first kappa shape index (κ1) is 12.1. The summed E-state index contributed by atoms with van der Waals surface area (Å²) in [6.45, 7) is 9.30. The predicted octanol–water partition coefficient (Wildman–Crippen LogP) is 2.71. The highest BCUT2D eigenvalue weighted by Crippen LogP contribution is 2.12. The van der Waals surface area contributed by atoms with E-state index in [0.29, 0.717) is 5.92 Å². The van der Waals surface area contributed by atoms with Crippen molar-refractivity contribution in [2.24, 2.45) is 0 Å². The SMILES string of the molecule is CC(CNC(C)(C)C)c1ccc(F)cn1. The van der Waals surface area contributed by atoms with E-state index in [-0.39, 0.29) is 11.4 Å². The highest BCUT2D eigenvalue weighted by molar-refractivity contribution is 5.10. The van der Waals surface area contributed by atoms with Crippen LogP contribution in [0.3, 0.4) is 0 Å². The normalized spacial score (nSPS) is 13.9. The summed E-state index contributed by atoms with van der Waals surface area (Å²) in [7, 11) is 0. The maximum absolute atomic E-state index is 12.6. The number of nitrogens with zero attached hydrogens (tertiary/aromatic N) is 1. The predicted molar refractivity (Wildman–Crippen MR) is 60.4 cm³/mol. The molecule has 0 amide bonds. The summed E-state index contributed by atoms with van der Waals surface area (Å²) < 4.78 is 12.6. The van der Waals surface area contributed by atoms with Gasteiger partial charge in [0.1, 0.15) is 5.82 Å². The summed E-state index contributed by atoms with van der Waals surface area (Å²) in [5, 5.41) is 3.40. The van der Waals surface area contributed by atoms with E-state index in [9.17, 15) is 4.39 Å². The Morgan fingerprint density at radius 3 is 2.53 bits per heavy atom. The van der Waals surface area contributed by atoms with E-state index in [1.807, 2.05) is 0 Å². The second-order valence-corrected chi connectivity index (χ2v) is 4.93. The molecule has 0 radical (unpaired) electrons. The number of pyridine rings is 1. The topological polar surface area (TPSA) is 24.9 Å². The largest absolute Gasteiger partial charge is 0.311 e. The molecule has 0 saturated heterocycles. The molecule has 0 aromatic carbocycles. The molecule has 84 valence electrons. The minimum atomic E-state index is -0.283. The van der Waals surface area contributed by atoms with Crippen molar-refractivity contribution in [2.75, 3.05) is 6.54 Å². The van der Waals surface area contributed by atoms with Crippen molar-refractivity contribution in [1.29, 1.82) is 0 Å². The Kier molecular flexibility index (Phi) is 3.80. The standard InChI is InChI=1S/C12H19FN2/c1-9(7-15-12(2,3)4)11-6-5-10(13)8-14-11/h5-6,8-9,15H,7H2,1-4H3. The molecule has 0 bridgehead atoms. The fourth-order valence-corrected chi connectivity index (χ4v) is 1.24. The van der Waals surface area contributed by atoms with Gasteiger partial charge in [0.05, 0.1) is 6.20 Å². The van der Waals surface area contributed by atoms with Crippen LogP contribution in [0.4, 0.5) is 4.39 Å². The van der Waals surface area contributed by atoms with E-state index >= 15 is 0 Å². The first-order chi connectivity index (χ1) is 6.88. The lowest BCUT2D eigenvalue weighted by atomic mass is 10.0. The van der Waals surface area contributed by atoms with Crippen LogP contribution in [0.5, 0.6) is 0 Å². The zero-order chi connectivity index (χ0) is 11.5. The van der Waals surface area contributed by atoms with E-state index in [1.54, 1.807) is 6.07 Å². The van der Waals surface area contributed by atoms with E-state index in [4.69, 9.17) is 0 Å². The fraction of sp³-hybridized carbons (Fsp3) is 0.583.